The number of fused-ring (bicyclic) bond motifs is 3. The highest BCUT2D eigenvalue weighted by molar-refractivity contribution is 6.30. The van der Waals surface area contributed by atoms with Crippen molar-refractivity contribution in [1.29, 1.82) is 5.26 Å². The molecule has 0 N–H and O–H groups in total. The van der Waals surface area contributed by atoms with Gasteiger partial charge >= 0.3 is 6.03 Å². The van der Waals surface area contributed by atoms with Crippen molar-refractivity contribution in [3.05, 3.63) is 10.8 Å². The maximum Gasteiger partial charge on any atom is 0.320 e. The van der Waals surface area contributed by atoms with Gasteiger partial charge in [-0.3, -0.25) is 0 Å². The third-order valence-corrected chi connectivity index (χ3v) is 5.65. The van der Waals surface area contributed by atoms with Gasteiger partial charge in [-0.25, -0.2) is 4.79 Å². The fourth-order valence-electron chi connectivity index (χ4n) is 4.19. The van der Waals surface area contributed by atoms with Crippen LogP contribution in [-0.4, -0.2) is 69.8 Å². The lowest BCUT2D eigenvalue weighted by molar-refractivity contribution is 0.109. The highest BCUT2D eigenvalue weighted by Crippen LogP contribution is 2.40. The molecule has 1 aliphatic carbocycles. The van der Waals surface area contributed by atoms with E-state index in [4.69, 9.17) is 16.9 Å². The van der Waals surface area contributed by atoms with E-state index in [-0.39, 0.29) is 29.0 Å². The standard InChI is InChI=1S/C15H18ClN7O/c1-21-4-5-22(15(21)24)12-6-9-2-3-11(12)23(8-9)14-18-13(16)10(7-17)19-20-14/h9,11-12H,2-6,8H2,1H3. The topological polar surface area (TPSA) is 89.2 Å². The Morgan fingerprint density at radius 1 is 1.21 bits per heavy atom. The van der Waals surface area contributed by atoms with Gasteiger partial charge in [0.25, 0.3) is 0 Å². The summed E-state index contributed by atoms with van der Waals surface area (Å²) in [4.78, 5) is 22.5. The Labute approximate surface area is 145 Å². The fourth-order valence-corrected chi connectivity index (χ4v) is 4.34. The minimum atomic E-state index is 0.0375. The molecular formula is C15H18ClN7O. The normalized spacial score (nSPS) is 29.3. The Morgan fingerprint density at radius 3 is 2.67 bits per heavy atom. The Morgan fingerprint density at radius 2 is 2.04 bits per heavy atom. The van der Waals surface area contributed by atoms with Gasteiger partial charge in [-0.05, 0) is 25.2 Å². The average Bonchev–Trinajstić information content (AvgIpc) is 2.94. The van der Waals surface area contributed by atoms with Crippen LogP contribution in [0.25, 0.3) is 0 Å². The molecule has 2 bridgehead atoms. The van der Waals surface area contributed by atoms with E-state index >= 15 is 0 Å². The van der Waals surface area contributed by atoms with Crippen LogP contribution < -0.4 is 4.90 Å². The summed E-state index contributed by atoms with van der Waals surface area (Å²) in [6.45, 7) is 2.39. The first kappa shape index (κ1) is 15.4. The second-order valence-electron chi connectivity index (χ2n) is 6.73. The summed E-state index contributed by atoms with van der Waals surface area (Å²) in [7, 11) is 1.84. The van der Waals surface area contributed by atoms with E-state index in [2.05, 4.69) is 20.1 Å². The summed E-state index contributed by atoms with van der Waals surface area (Å²) in [5, 5.41) is 17.0. The molecule has 3 saturated heterocycles. The molecule has 3 atom stereocenters. The lowest BCUT2D eigenvalue weighted by Crippen LogP contribution is -2.62. The number of piperidine rings is 2. The average molecular weight is 348 g/mol. The maximum atomic E-state index is 12.4. The molecule has 1 saturated carbocycles. The summed E-state index contributed by atoms with van der Waals surface area (Å²) in [6.07, 6.45) is 3.19. The first-order valence-corrected chi connectivity index (χ1v) is 8.55. The predicted octanol–water partition coefficient (Wildman–Crippen LogP) is 1.12. The van der Waals surface area contributed by atoms with Gasteiger partial charge in [-0.2, -0.15) is 10.2 Å². The van der Waals surface area contributed by atoms with Crippen molar-refractivity contribution < 1.29 is 4.79 Å². The molecule has 4 aliphatic rings. The minimum absolute atomic E-state index is 0.0375. The number of aromatic nitrogens is 3. The molecule has 3 unspecified atom stereocenters. The predicted molar refractivity (Wildman–Crippen MR) is 86.5 cm³/mol. The van der Waals surface area contributed by atoms with E-state index in [9.17, 15) is 4.79 Å². The third-order valence-electron chi connectivity index (χ3n) is 5.39. The first-order valence-electron chi connectivity index (χ1n) is 8.17. The molecule has 8 nitrogen and oxygen atoms in total. The van der Waals surface area contributed by atoms with E-state index in [1.807, 2.05) is 18.0 Å². The molecule has 5 rings (SSSR count). The summed E-state index contributed by atoms with van der Waals surface area (Å²) in [5.74, 6) is 0.968. The minimum Gasteiger partial charge on any atom is -0.334 e. The summed E-state index contributed by atoms with van der Waals surface area (Å²) < 4.78 is 0. The third kappa shape index (κ3) is 2.35. The smallest absolute Gasteiger partial charge is 0.320 e. The zero-order valence-corrected chi connectivity index (χ0v) is 14.1. The second kappa shape index (κ2) is 5.74. The lowest BCUT2D eigenvalue weighted by Gasteiger charge is -2.52. The summed E-state index contributed by atoms with van der Waals surface area (Å²) >= 11 is 6.02. The van der Waals surface area contributed by atoms with Crippen LogP contribution in [-0.2, 0) is 0 Å². The molecule has 4 fully saturated rings. The zero-order chi connectivity index (χ0) is 16.8. The fraction of sp³-hybridized carbons (Fsp3) is 0.667. The number of carbonyl (C=O) groups is 1. The maximum absolute atomic E-state index is 12.4. The van der Waals surface area contributed by atoms with Crippen LogP contribution in [0, 0.1) is 17.2 Å². The highest BCUT2D eigenvalue weighted by atomic mass is 35.5. The molecule has 1 aromatic rings. The number of urea groups is 1. The largest absolute Gasteiger partial charge is 0.334 e. The van der Waals surface area contributed by atoms with Crippen LogP contribution in [0.2, 0.25) is 5.15 Å². The quantitative estimate of drug-likeness (QED) is 0.796. The number of anilines is 1. The van der Waals surface area contributed by atoms with E-state index in [0.717, 1.165) is 38.9 Å². The Hall–Kier alpha value is -2.14. The number of amides is 2. The van der Waals surface area contributed by atoms with Crippen molar-refractivity contribution >= 4 is 23.6 Å². The Balaban J connectivity index is 1.62. The first-order chi connectivity index (χ1) is 11.6. The second-order valence-corrected chi connectivity index (χ2v) is 7.08. The number of hydrogen-bond acceptors (Lipinski definition) is 6. The number of carbonyl (C=O) groups excluding carboxylic acids is 1. The number of halogens is 1. The van der Waals surface area contributed by atoms with Crippen LogP contribution in [0.15, 0.2) is 0 Å². The van der Waals surface area contributed by atoms with Crippen molar-refractivity contribution in [2.24, 2.45) is 5.92 Å². The lowest BCUT2D eigenvalue weighted by atomic mass is 9.76. The molecule has 0 spiro atoms. The van der Waals surface area contributed by atoms with Gasteiger partial charge in [0.05, 0.1) is 12.1 Å². The van der Waals surface area contributed by atoms with E-state index in [0.29, 0.717) is 11.9 Å². The van der Waals surface area contributed by atoms with E-state index in [1.54, 1.807) is 4.90 Å². The molecule has 1 aromatic heterocycles. The Bertz CT molecular complexity index is 720. The van der Waals surface area contributed by atoms with Crippen molar-refractivity contribution in [3.63, 3.8) is 0 Å². The van der Waals surface area contributed by atoms with Gasteiger partial charge in [0, 0.05) is 26.7 Å². The van der Waals surface area contributed by atoms with Gasteiger partial charge in [0.15, 0.2) is 10.8 Å². The Kier molecular flexibility index (Phi) is 3.68. The van der Waals surface area contributed by atoms with Crippen molar-refractivity contribution in [2.75, 3.05) is 31.6 Å². The molecule has 126 valence electrons. The number of likely N-dealkylation sites (N-methyl/N-ethyl adjacent to an activating group) is 1. The zero-order valence-electron chi connectivity index (χ0n) is 13.4. The van der Waals surface area contributed by atoms with Gasteiger partial charge in [0.2, 0.25) is 5.95 Å². The van der Waals surface area contributed by atoms with E-state index in [1.165, 1.54) is 0 Å². The van der Waals surface area contributed by atoms with Crippen LogP contribution in [0.5, 0.6) is 0 Å². The molecular weight excluding hydrogens is 330 g/mol. The number of hydrogen-bond donors (Lipinski definition) is 0. The van der Waals surface area contributed by atoms with Crippen molar-refractivity contribution in [2.45, 2.75) is 31.3 Å². The SMILES string of the molecule is CN1CCN(C2CC3CCC2N(c2nnc(C#N)c(Cl)n2)C3)C1=O. The summed E-state index contributed by atoms with van der Waals surface area (Å²) in [6, 6.07) is 2.33. The molecule has 0 radical (unpaired) electrons. The van der Waals surface area contributed by atoms with Crippen LogP contribution >= 0.6 is 11.6 Å². The number of nitriles is 1. The molecule has 9 heteroatoms. The molecule has 0 aromatic carbocycles. The van der Waals surface area contributed by atoms with Crippen LogP contribution in [0.1, 0.15) is 25.0 Å². The van der Waals surface area contributed by atoms with Gasteiger partial charge in [-0.1, -0.05) is 11.6 Å². The molecule has 4 heterocycles. The molecule has 24 heavy (non-hydrogen) atoms. The van der Waals surface area contributed by atoms with Gasteiger partial charge < -0.3 is 14.7 Å². The molecule has 2 amide bonds. The summed E-state index contributed by atoms with van der Waals surface area (Å²) in [5.41, 5.74) is 0.0375. The van der Waals surface area contributed by atoms with Gasteiger partial charge in [-0.15, -0.1) is 10.2 Å². The van der Waals surface area contributed by atoms with E-state index < -0.39 is 0 Å². The van der Waals surface area contributed by atoms with Crippen molar-refractivity contribution in [3.8, 4) is 6.07 Å². The number of nitrogens with zero attached hydrogens (tertiary/aromatic N) is 7. The van der Waals surface area contributed by atoms with Crippen LogP contribution in [0.4, 0.5) is 10.7 Å². The highest BCUT2D eigenvalue weighted by Gasteiger charge is 2.47. The monoisotopic (exact) mass is 347 g/mol. The number of rotatable bonds is 2. The van der Waals surface area contributed by atoms with Gasteiger partial charge in [0.1, 0.15) is 6.07 Å². The van der Waals surface area contributed by atoms with Crippen molar-refractivity contribution in [1.82, 2.24) is 25.0 Å². The molecule has 3 aliphatic heterocycles. The van der Waals surface area contributed by atoms with Crippen LogP contribution in [0.3, 0.4) is 0 Å².